The minimum absolute atomic E-state index is 0.427. The van der Waals surface area contributed by atoms with Crippen LogP contribution >= 0.6 is 0 Å². The van der Waals surface area contributed by atoms with E-state index in [4.69, 9.17) is 4.74 Å². The highest BCUT2D eigenvalue weighted by molar-refractivity contribution is 5.71. The Hall–Kier alpha value is -2.02. The highest BCUT2D eigenvalue weighted by Gasteiger charge is 2.26. The number of allylic oxidation sites excluding steroid dienone is 2. The van der Waals surface area contributed by atoms with Crippen molar-refractivity contribution in [2.45, 2.75) is 51.6 Å². The summed E-state index contributed by atoms with van der Waals surface area (Å²) in [7, 11) is 0. The Morgan fingerprint density at radius 3 is 2.38 bits per heavy atom. The van der Waals surface area contributed by atoms with E-state index in [9.17, 15) is 0 Å². The summed E-state index contributed by atoms with van der Waals surface area (Å²) in [6.07, 6.45) is 7.87. The van der Waals surface area contributed by atoms with Crippen LogP contribution in [0.15, 0.2) is 54.6 Å². The quantitative estimate of drug-likeness (QED) is 0.655. The third-order valence-corrected chi connectivity index (χ3v) is 5.60. The van der Waals surface area contributed by atoms with E-state index in [-0.39, 0.29) is 0 Å². The molecule has 0 bridgehead atoms. The molecule has 0 amide bonds. The van der Waals surface area contributed by atoms with Crippen LogP contribution in [0.1, 0.15) is 62.1 Å². The van der Waals surface area contributed by atoms with Crippen LogP contribution in [0.25, 0.3) is 5.57 Å². The summed E-state index contributed by atoms with van der Waals surface area (Å²) in [4.78, 5) is 0. The summed E-state index contributed by atoms with van der Waals surface area (Å²) in [6.45, 7) is 4.55. The molecule has 0 unspecified atom stereocenters. The van der Waals surface area contributed by atoms with Gasteiger partial charge in [-0.3, -0.25) is 0 Å². The number of rotatable bonds is 3. The van der Waals surface area contributed by atoms with Gasteiger partial charge in [-0.2, -0.15) is 0 Å². The number of hydrogen-bond acceptors (Lipinski definition) is 1. The van der Waals surface area contributed by atoms with Crippen LogP contribution in [0.3, 0.4) is 0 Å². The van der Waals surface area contributed by atoms with Crippen LogP contribution in [-0.2, 0) is 0 Å². The summed E-state index contributed by atoms with van der Waals surface area (Å²) in [5.41, 5.74) is 5.63. The fraction of sp³-hybridized carbons (Fsp3) is 0.391. The van der Waals surface area contributed by atoms with Gasteiger partial charge in [0.15, 0.2) is 0 Å². The molecule has 0 heterocycles. The van der Waals surface area contributed by atoms with E-state index in [0.29, 0.717) is 17.9 Å². The first-order valence-corrected chi connectivity index (χ1v) is 9.27. The topological polar surface area (TPSA) is 9.23 Å². The van der Waals surface area contributed by atoms with E-state index in [1.54, 1.807) is 0 Å². The zero-order valence-electron chi connectivity index (χ0n) is 14.7. The number of hydrogen-bond donors (Lipinski definition) is 0. The van der Waals surface area contributed by atoms with Crippen LogP contribution in [0.4, 0.5) is 0 Å². The molecule has 2 aliphatic carbocycles. The standard InChI is InChI=1S/C23H26O/c1-16-15-17(2)23(22-10-6-5-9-21(16)22)18-11-13-20(14-12-18)24-19-7-3-4-8-19/h5-6,9-15,17,19,23H,3-4,7-8H2,1-2H3/t17-,23-/m0/s1. The van der Waals surface area contributed by atoms with E-state index < -0.39 is 0 Å². The lowest BCUT2D eigenvalue weighted by molar-refractivity contribution is 0.210. The molecule has 0 spiro atoms. The molecule has 0 N–H and O–H groups in total. The van der Waals surface area contributed by atoms with Gasteiger partial charge in [-0.15, -0.1) is 0 Å². The van der Waals surface area contributed by atoms with E-state index in [1.807, 2.05) is 0 Å². The normalized spacial score (nSPS) is 23.7. The largest absolute Gasteiger partial charge is 0.490 e. The van der Waals surface area contributed by atoms with Crippen LogP contribution in [-0.4, -0.2) is 6.10 Å². The Labute approximate surface area is 145 Å². The molecule has 2 aromatic carbocycles. The molecule has 1 heteroatoms. The van der Waals surface area contributed by atoms with Crippen molar-refractivity contribution in [1.82, 2.24) is 0 Å². The minimum Gasteiger partial charge on any atom is -0.490 e. The molecule has 4 rings (SSSR count). The second kappa shape index (κ2) is 6.47. The van der Waals surface area contributed by atoms with E-state index >= 15 is 0 Å². The first kappa shape index (κ1) is 15.5. The predicted octanol–water partition coefficient (Wildman–Crippen LogP) is 6.19. The van der Waals surface area contributed by atoms with Crippen molar-refractivity contribution in [3.05, 3.63) is 71.3 Å². The molecule has 1 saturated carbocycles. The second-order valence-electron chi connectivity index (χ2n) is 7.37. The third-order valence-electron chi connectivity index (χ3n) is 5.60. The second-order valence-corrected chi connectivity index (χ2v) is 7.37. The Bertz CT molecular complexity index is 735. The summed E-state index contributed by atoms with van der Waals surface area (Å²) < 4.78 is 6.12. The van der Waals surface area contributed by atoms with Gasteiger partial charge in [-0.25, -0.2) is 0 Å². The van der Waals surface area contributed by atoms with Gasteiger partial charge in [0, 0.05) is 5.92 Å². The lowest BCUT2D eigenvalue weighted by Gasteiger charge is -2.30. The minimum atomic E-state index is 0.427. The summed E-state index contributed by atoms with van der Waals surface area (Å²) in [5, 5.41) is 0. The molecule has 1 nitrogen and oxygen atoms in total. The number of ether oxygens (including phenoxy) is 1. The third kappa shape index (κ3) is 2.88. The van der Waals surface area contributed by atoms with Crippen molar-refractivity contribution in [2.24, 2.45) is 5.92 Å². The molecule has 2 aromatic rings. The molecule has 0 aliphatic heterocycles. The smallest absolute Gasteiger partial charge is 0.119 e. The molecule has 2 aliphatic rings. The molecule has 24 heavy (non-hydrogen) atoms. The highest BCUT2D eigenvalue weighted by atomic mass is 16.5. The van der Waals surface area contributed by atoms with Crippen LogP contribution in [0, 0.1) is 5.92 Å². The first-order valence-electron chi connectivity index (χ1n) is 9.27. The fourth-order valence-electron chi connectivity index (χ4n) is 4.43. The average Bonchev–Trinajstić information content (AvgIpc) is 3.09. The predicted molar refractivity (Wildman–Crippen MR) is 100 cm³/mol. The van der Waals surface area contributed by atoms with Gasteiger partial charge in [-0.05, 0) is 72.9 Å². The van der Waals surface area contributed by atoms with Crippen molar-refractivity contribution in [3.8, 4) is 5.75 Å². The van der Waals surface area contributed by atoms with E-state index in [1.165, 1.54) is 47.9 Å². The molecule has 0 radical (unpaired) electrons. The van der Waals surface area contributed by atoms with Crippen LogP contribution in [0.2, 0.25) is 0 Å². The van der Waals surface area contributed by atoms with E-state index in [0.717, 1.165) is 5.75 Å². The van der Waals surface area contributed by atoms with Gasteiger partial charge in [0.25, 0.3) is 0 Å². The van der Waals surface area contributed by atoms with Crippen molar-refractivity contribution < 1.29 is 4.74 Å². The molecule has 124 valence electrons. The lowest BCUT2D eigenvalue weighted by Crippen LogP contribution is -2.16. The number of fused-ring (bicyclic) bond motifs is 1. The van der Waals surface area contributed by atoms with Crippen molar-refractivity contribution >= 4 is 5.57 Å². The van der Waals surface area contributed by atoms with Gasteiger partial charge in [0.1, 0.15) is 5.75 Å². The zero-order chi connectivity index (χ0) is 16.5. The molecular weight excluding hydrogens is 292 g/mol. The van der Waals surface area contributed by atoms with Crippen molar-refractivity contribution in [3.63, 3.8) is 0 Å². The van der Waals surface area contributed by atoms with E-state index in [2.05, 4.69) is 68.5 Å². The maximum absolute atomic E-state index is 6.12. The molecule has 2 atom stereocenters. The van der Waals surface area contributed by atoms with Gasteiger partial charge in [0.2, 0.25) is 0 Å². The summed E-state index contributed by atoms with van der Waals surface area (Å²) >= 11 is 0. The van der Waals surface area contributed by atoms with Crippen molar-refractivity contribution in [2.75, 3.05) is 0 Å². The van der Waals surface area contributed by atoms with Crippen LogP contribution < -0.4 is 4.74 Å². The van der Waals surface area contributed by atoms with Gasteiger partial charge in [-0.1, -0.05) is 49.4 Å². The average molecular weight is 318 g/mol. The summed E-state index contributed by atoms with van der Waals surface area (Å²) in [6, 6.07) is 17.7. The van der Waals surface area contributed by atoms with Crippen molar-refractivity contribution in [1.29, 1.82) is 0 Å². The Balaban J connectivity index is 1.61. The van der Waals surface area contributed by atoms with Gasteiger partial charge < -0.3 is 4.74 Å². The molecule has 0 aromatic heterocycles. The summed E-state index contributed by atoms with van der Waals surface area (Å²) in [5.74, 6) is 1.97. The monoisotopic (exact) mass is 318 g/mol. The molecule has 0 saturated heterocycles. The molecule has 1 fully saturated rings. The lowest BCUT2D eigenvalue weighted by atomic mass is 9.74. The highest BCUT2D eigenvalue weighted by Crippen LogP contribution is 2.42. The first-order chi connectivity index (χ1) is 11.7. The Morgan fingerprint density at radius 1 is 0.917 bits per heavy atom. The fourth-order valence-corrected chi connectivity index (χ4v) is 4.43. The maximum Gasteiger partial charge on any atom is 0.119 e. The van der Waals surface area contributed by atoms with Crippen LogP contribution in [0.5, 0.6) is 5.75 Å². The Kier molecular flexibility index (Phi) is 4.18. The Morgan fingerprint density at radius 2 is 1.62 bits per heavy atom. The SMILES string of the molecule is CC1=C[C@H](C)[C@@H](c2ccc(OC3CCCC3)cc2)c2ccccc21. The van der Waals surface area contributed by atoms with Gasteiger partial charge >= 0.3 is 0 Å². The van der Waals surface area contributed by atoms with Gasteiger partial charge in [0.05, 0.1) is 6.10 Å². The zero-order valence-corrected chi connectivity index (χ0v) is 14.7. The molecular formula is C23H26O. The maximum atomic E-state index is 6.12. The number of benzene rings is 2.